The Bertz CT molecular complexity index is 695. The summed E-state index contributed by atoms with van der Waals surface area (Å²) in [5.74, 6) is 0. The second-order valence-corrected chi connectivity index (χ2v) is 5.09. The van der Waals surface area contributed by atoms with E-state index < -0.39 is 0 Å². The van der Waals surface area contributed by atoms with E-state index in [0.717, 1.165) is 22.2 Å². The molecule has 0 atom stereocenters. The van der Waals surface area contributed by atoms with Crippen molar-refractivity contribution in [3.63, 3.8) is 0 Å². The molecule has 0 spiro atoms. The molecule has 0 saturated heterocycles. The van der Waals surface area contributed by atoms with Crippen molar-refractivity contribution < 1.29 is 0 Å². The van der Waals surface area contributed by atoms with Crippen molar-refractivity contribution in [2.24, 2.45) is 0 Å². The number of aromatic nitrogens is 2. The summed E-state index contributed by atoms with van der Waals surface area (Å²) >= 11 is 3.32. The Morgan fingerprint density at radius 1 is 1.00 bits per heavy atom. The first-order valence-corrected chi connectivity index (χ1v) is 6.79. The molecule has 0 amide bonds. The Balaban J connectivity index is 1.76. The molecule has 0 bridgehead atoms. The van der Waals surface area contributed by atoms with Crippen molar-refractivity contribution in [2.45, 2.75) is 6.54 Å². The fourth-order valence-electron chi connectivity index (χ4n) is 1.93. The number of anilines is 1. The number of rotatable bonds is 3. The monoisotopic (exact) mass is 313 g/mol. The number of nitrogens with one attached hydrogen (secondary N) is 1. The number of benzene rings is 1. The molecular formula is C15H12BrN3. The molecule has 4 heteroatoms. The molecule has 94 valence electrons. The Kier molecular flexibility index (Phi) is 3.42. The van der Waals surface area contributed by atoms with Crippen LogP contribution in [0.25, 0.3) is 10.8 Å². The van der Waals surface area contributed by atoms with Crippen molar-refractivity contribution in [3.05, 3.63) is 65.2 Å². The van der Waals surface area contributed by atoms with E-state index in [9.17, 15) is 0 Å². The predicted octanol–water partition coefficient (Wildman–Crippen LogP) is 4.00. The highest BCUT2D eigenvalue weighted by Crippen LogP contribution is 2.16. The molecule has 2 heterocycles. The van der Waals surface area contributed by atoms with E-state index in [1.165, 1.54) is 10.9 Å². The minimum absolute atomic E-state index is 0.779. The lowest BCUT2D eigenvalue weighted by Gasteiger charge is -2.07. The molecule has 3 rings (SSSR count). The second kappa shape index (κ2) is 5.36. The Morgan fingerprint density at radius 2 is 1.95 bits per heavy atom. The molecular weight excluding hydrogens is 302 g/mol. The van der Waals surface area contributed by atoms with Gasteiger partial charge >= 0.3 is 0 Å². The number of fused-ring (bicyclic) bond motifs is 1. The average molecular weight is 314 g/mol. The lowest BCUT2D eigenvalue weighted by Crippen LogP contribution is -1.99. The van der Waals surface area contributed by atoms with E-state index >= 15 is 0 Å². The molecule has 0 fully saturated rings. The average Bonchev–Trinajstić information content (AvgIpc) is 2.46. The summed E-state index contributed by atoms with van der Waals surface area (Å²) < 4.78 is 0.844. The molecule has 0 aliphatic rings. The van der Waals surface area contributed by atoms with Crippen LogP contribution in [0.4, 0.5) is 5.69 Å². The zero-order valence-electron chi connectivity index (χ0n) is 10.2. The first-order valence-electron chi connectivity index (χ1n) is 5.99. The summed E-state index contributed by atoms with van der Waals surface area (Å²) in [6.07, 6.45) is 5.51. The standard InChI is InChI=1S/C15H12BrN3/c16-15-4-3-14(10-19-15)18-8-11-1-2-13-9-17-6-5-12(13)7-11/h1-7,9-10,18H,8H2. The molecule has 0 aliphatic carbocycles. The second-order valence-electron chi connectivity index (χ2n) is 4.28. The third kappa shape index (κ3) is 2.90. The molecule has 19 heavy (non-hydrogen) atoms. The van der Waals surface area contributed by atoms with Gasteiger partial charge in [-0.05, 0) is 51.1 Å². The Morgan fingerprint density at radius 3 is 2.79 bits per heavy atom. The van der Waals surface area contributed by atoms with Crippen LogP contribution in [0.3, 0.4) is 0 Å². The predicted molar refractivity (Wildman–Crippen MR) is 81.0 cm³/mol. The molecule has 3 nitrogen and oxygen atoms in total. The van der Waals surface area contributed by atoms with Gasteiger partial charge in [0.15, 0.2) is 0 Å². The molecule has 0 unspecified atom stereocenters. The third-order valence-corrected chi connectivity index (χ3v) is 3.40. The van der Waals surface area contributed by atoms with Crippen LogP contribution in [0.5, 0.6) is 0 Å². The third-order valence-electron chi connectivity index (χ3n) is 2.93. The highest BCUT2D eigenvalue weighted by atomic mass is 79.9. The van der Waals surface area contributed by atoms with Crippen LogP contribution in [0.1, 0.15) is 5.56 Å². The van der Waals surface area contributed by atoms with Gasteiger partial charge in [0.2, 0.25) is 0 Å². The maximum Gasteiger partial charge on any atom is 0.106 e. The number of pyridine rings is 2. The molecule has 0 radical (unpaired) electrons. The number of nitrogens with zero attached hydrogens (tertiary/aromatic N) is 2. The quantitative estimate of drug-likeness (QED) is 0.743. The zero-order chi connectivity index (χ0) is 13.1. The van der Waals surface area contributed by atoms with Crippen LogP contribution >= 0.6 is 15.9 Å². The minimum atomic E-state index is 0.779. The van der Waals surface area contributed by atoms with Crippen LogP contribution in [0.15, 0.2) is 59.6 Å². The topological polar surface area (TPSA) is 37.8 Å². The van der Waals surface area contributed by atoms with Gasteiger partial charge in [-0.15, -0.1) is 0 Å². The number of halogens is 1. The Hall–Kier alpha value is -1.94. The van der Waals surface area contributed by atoms with Crippen molar-refractivity contribution in [2.75, 3.05) is 5.32 Å². The summed E-state index contributed by atoms with van der Waals surface area (Å²) in [4.78, 5) is 8.30. The van der Waals surface area contributed by atoms with Crippen molar-refractivity contribution in [3.8, 4) is 0 Å². The van der Waals surface area contributed by atoms with E-state index in [-0.39, 0.29) is 0 Å². The van der Waals surface area contributed by atoms with Gasteiger partial charge in [0.1, 0.15) is 4.60 Å². The normalized spacial score (nSPS) is 10.6. The van der Waals surface area contributed by atoms with Crippen LogP contribution in [-0.4, -0.2) is 9.97 Å². The van der Waals surface area contributed by atoms with Crippen LogP contribution < -0.4 is 5.32 Å². The fraction of sp³-hybridized carbons (Fsp3) is 0.0667. The summed E-state index contributed by atoms with van der Waals surface area (Å²) in [5, 5.41) is 5.73. The summed E-state index contributed by atoms with van der Waals surface area (Å²) in [6.45, 7) is 0.779. The number of hydrogen-bond donors (Lipinski definition) is 1. The van der Waals surface area contributed by atoms with Gasteiger partial charge in [0.25, 0.3) is 0 Å². The van der Waals surface area contributed by atoms with Crippen LogP contribution in [0, 0.1) is 0 Å². The van der Waals surface area contributed by atoms with Gasteiger partial charge in [-0.2, -0.15) is 0 Å². The van der Waals surface area contributed by atoms with E-state index in [0.29, 0.717) is 0 Å². The van der Waals surface area contributed by atoms with Gasteiger partial charge in [-0.1, -0.05) is 12.1 Å². The fourth-order valence-corrected chi connectivity index (χ4v) is 2.16. The molecule has 1 aromatic carbocycles. The SMILES string of the molecule is Brc1ccc(NCc2ccc3cnccc3c2)cn1. The van der Waals surface area contributed by atoms with E-state index in [2.05, 4.69) is 49.4 Å². The van der Waals surface area contributed by atoms with Crippen molar-refractivity contribution >= 4 is 32.4 Å². The molecule has 0 aliphatic heterocycles. The first kappa shape index (κ1) is 12.1. The molecule has 2 aromatic heterocycles. The van der Waals surface area contributed by atoms with E-state index in [1.807, 2.05) is 36.8 Å². The first-order chi connectivity index (χ1) is 9.31. The molecule has 1 N–H and O–H groups in total. The smallest absolute Gasteiger partial charge is 0.106 e. The van der Waals surface area contributed by atoms with Gasteiger partial charge in [-0.25, -0.2) is 4.98 Å². The van der Waals surface area contributed by atoms with Crippen molar-refractivity contribution in [1.82, 2.24) is 9.97 Å². The summed E-state index contributed by atoms with van der Waals surface area (Å²) in [6, 6.07) is 12.3. The highest BCUT2D eigenvalue weighted by molar-refractivity contribution is 9.10. The summed E-state index contributed by atoms with van der Waals surface area (Å²) in [7, 11) is 0. The molecule has 0 saturated carbocycles. The lowest BCUT2D eigenvalue weighted by molar-refractivity contribution is 1.14. The van der Waals surface area contributed by atoms with E-state index in [1.54, 1.807) is 0 Å². The maximum atomic E-state index is 4.19. The van der Waals surface area contributed by atoms with E-state index in [4.69, 9.17) is 0 Å². The van der Waals surface area contributed by atoms with Gasteiger partial charge in [-0.3, -0.25) is 4.98 Å². The van der Waals surface area contributed by atoms with Gasteiger partial charge in [0, 0.05) is 24.3 Å². The largest absolute Gasteiger partial charge is 0.380 e. The summed E-state index contributed by atoms with van der Waals surface area (Å²) in [5.41, 5.74) is 2.25. The van der Waals surface area contributed by atoms with Crippen LogP contribution in [0.2, 0.25) is 0 Å². The van der Waals surface area contributed by atoms with Gasteiger partial charge in [0.05, 0.1) is 11.9 Å². The van der Waals surface area contributed by atoms with Crippen LogP contribution in [-0.2, 0) is 6.54 Å². The molecule has 3 aromatic rings. The van der Waals surface area contributed by atoms with Gasteiger partial charge < -0.3 is 5.32 Å². The minimum Gasteiger partial charge on any atom is -0.380 e. The maximum absolute atomic E-state index is 4.19. The highest BCUT2D eigenvalue weighted by Gasteiger charge is 1.98. The number of hydrogen-bond acceptors (Lipinski definition) is 3. The lowest BCUT2D eigenvalue weighted by atomic mass is 10.1. The zero-order valence-corrected chi connectivity index (χ0v) is 11.8. The Labute approximate surface area is 119 Å². The van der Waals surface area contributed by atoms with Crippen molar-refractivity contribution in [1.29, 1.82) is 0 Å².